The van der Waals surface area contributed by atoms with Gasteiger partial charge in [0.15, 0.2) is 5.11 Å². The highest BCUT2D eigenvalue weighted by Crippen LogP contribution is 2.42. The Morgan fingerprint density at radius 3 is 2.55 bits per heavy atom. The van der Waals surface area contributed by atoms with Gasteiger partial charge in [0.1, 0.15) is 6.04 Å². The van der Waals surface area contributed by atoms with Gasteiger partial charge in [0.2, 0.25) is 0 Å². The molecular formula is C24H20BrN5S. The predicted octanol–water partition coefficient (Wildman–Crippen LogP) is 5.52. The second-order valence-corrected chi connectivity index (χ2v) is 8.68. The van der Waals surface area contributed by atoms with Gasteiger partial charge in [-0.25, -0.2) is 0 Å². The summed E-state index contributed by atoms with van der Waals surface area (Å²) >= 11 is 9.45. The van der Waals surface area contributed by atoms with Crippen LogP contribution in [0.1, 0.15) is 29.0 Å². The largest absolute Gasteiger partial charge is 0.351 e. The van der Waals surface area contributed by atoms with Crippen LogP contribution in [0.15, 0.2) is 89.9 Å². The number of aromatic nitrogens is 3. The van der Waals surface area contributed by atoms with Crippen molar-refractivity contribution in [3.8, 4) is 5.69 Å². The maximum atomic E-state index is 5.84. The minimum Gasteiger partial charge on any atom is -0.351 e. The molecule has 0 saturated carbocycles. The van der Waals surface area contributed by atoms with Gasteiger partial charge in [-0.05, 0) is 79.3 Å². The van der Waals surface area contributed by atoms with Crippen molar-refractivity contribution in [3.05, 3.63) is 107 Å². The quantitative estimate of drug-likeness (QED) is 0.382. The van der Waals surface area contributed by atoms with Gasteiger partial charge in [0.05, 0.1) is 11.7 Å². The molecule has 2 atom stereocenters. The summed E-state index contributed by atoms with van der Waals surface area (Å²) in [6.45, 7) is 2.09. The highest BCUT2D eigenvalue weighted by molar-refractivity contribution is 9.10. The number of rotatable bonds is 4. The number of aryl methyl sites for hydroxylation is 1. The van der Waals surface area contributed by atoms with Gasteiger partial charge in [-0.1, -0.05) is 22.0 Å². The lowest BCUT2D eigenvalue weighted by molar-refractivity contribution is 0.549. The van der Waals surface area contributed by atoms with E-state index in [1.807, 2.05) is 48.9 Å². The van der Waals surface area contributed by atoms with E-state index >= 15 is 0 Å². The first-order valence-corrected chi connectivity index (χ1v) is 11.2. The van der Waals surface area contributed by atoms with Crippen molar-refractivity contribution in [1.29, 1.82) is 0 Å². The first-order chi connectivity index (χ1) is 15.1. The second kappa shape index (κ2) is 8.24. The fraction of sp³-hybridized carbons (Fsp3) is 0.125. The van der Waals surface area contributed by atoms with Crippen LogP contribution < -0.4 is 10.2 Å². The first kappa shape index (κ1) is 19.9. The van der Waals surface area contributed by atoms with E-state index in [0.717, 1.165) is 32.8 Å². The van der Waals surface area contributed by atoms with Crippen LogP contribution in [-0.2, 0) is 0 Å². The first-order valence-electron chi connectivity index (χ1n) is 9.98. The Balaban J connectivity index is 1.68. The number of thiocarbonyl (C=S) groups is 1. The molecule has 0 radical (unpaired) electrons. The molecule has 3 aromatic heterocycles. The molecule has 31 heavy (non-hydrogen) atoms. The summed E-state index contributed by atoms with van der Waals surface area (Å²) in [4.78, 5) is 11.0. The fourth-order valence-corrected chi connectivity index (χ4v) is 4.68. The van der Waals surface area contributed by atoms with E-state index in [0.29, 0.717) is 5.11 Å². The normalized spacial score (nSPS) is 18.3. The van der Waals surface area contributed by atoms with Crippen LogP contribution in [0.5, 0.6) is 0 Å². The molecule has 1 aliphatic rings. The molecule has 0 unspecified atom stereocenters. The number of anilines is 1. The third-order valence-corrected chi connectivity index (χ3v) is 6.75. The minimum absolute atomic E-state index is 0.0776. The van der Waals surface area contributed by atoms with E-state index in [-0.39, 0.29) is 12.1 Å². The highest BCUT2D eigenvalue weighted by Gasteiger charge is 2.42. The average Bonchev–Trinajstić information content (AvgIpc) is 3.41. The van der Waals surface area contributed by atoms with E-state index in [9.17, 15) is 0 Å². The fourth-order valence-electron chi connectivity index (χ4n) is 4.09. The summed E-state index contributed by atoms with van der Waals surface area (Å²) in [6.07, 6.45) is 7.52. The average molecular weight is 490 g/mol. The lowest BCUT2D eigenvalue weighted by Gasteiger charge is -2.29. The molecule has 5 nitrogen and oxygen atoms in total. The van der Waals surface area contributed by atoms with E-state index in [4.69, 9.17) is 12.2 Å². The molecule has 5 rings (SSSR count). The van der Waals surface area contributed by atoms with Gasteiger partial charge in [-0.15, -0.1) is 0 Å². The van der Waals surface area contributed by atoms with Gasteiger partial charge < -0.3 is 14.8 Å². The Kier molecular flexibility index (Phi) is 5.29. The van der Waals surface area contributed by atoms with Crippen LogP contribution in [0, 0.1) is 6.92 Å². The number of pyridine rings is 2. The van der Waals surface area contributed by atoms with E-state index in [1.54, 1.807) is 0 Å². The van der Waals surface area contributed by atoms with Gasteiger partial charge in [0.25, 0.3) is 0 Å². The zero-order chi connectivity index (χ0) is 21.4. The smallest absolute Gasteiger partial charge is 0.174 e. The molecule has 1 saturated heterocycles. The third kappa shape index (κ3) is 3.64. The standard InChI is InChI=1S/C24H20BrN5S/c1-16-15-18(7-8-19(16)25)30-23(22(28-24(30)31)20-5-2-3-11-27-20)21-6-4-14-29(21)17-9-12-26-13-10-17/h2-15,22-23H,1H3,(H,28,31)/t22-,23+/m1/s1. The molecule has 0 bridgehead atoms. The Morgan fingerprint density at radius 2 is 1.81 bits per heavy atom. The molecule has 1 aromatic carbocycles. The molecule has 154 valence electrons. The molecule has 7 heteroatoms. The van der Waals surface area contributed by atoms with Crippen molar-refractivity contribution >= 4 is 38.9 Å². The maximum absolute atomic E-state index is 5.84. The number of hydrogen-bond acceptors (Lipinski definition) is 3. The summed E-state index contributed by atoms with van der Waals surface area (Å²) in [7, 11) is 0. The Labute approximate surface area is 194 Å². The second-order valence-electron chi connectivity index (χ2n) is 7.44. The number of benzene rings is 1. The Morgan fingerprint density at radius 1 is 0.968 bits per heavy atom. The SMILES string of the molecule is Cc1cc(N2C(=S)N[C@H](c3ccccn3)[C@@H]2c2cccn2-c2ccncc2)ccc1Br. The number of hydrogen-bond donors (Lipinski definition) is 1. The van der Waals surface area contributed by atoms with Crippen molar-refractivity contribution < 1.29 is 0 Å². The molecule has 0 amide bonds. The highest BCUT2D eigenvalue weighted by atomic mass is 79.9. The molecule has 1 fully saturated rings. The van der Waals surface area contributed by atoms with Gasteiger partial charge >= 0.3 is 0 Å². The number of nitrogens with zero attached hydrogens (tertiary/aromatic N) is 4. The predicted molar refractivity (Wildman–Crippen MR) is 130 cm³/mol. The lowest BCUT2D eigenvalue weighted by Crippen LogP contribution is -2.30. The monoisotopic (exact) mass is 489 g/mol. The van der Waals surface area contributed by atoms with Crippen LogP contribution >= 0.6 is 28.1 Å². The van der Waals surface area contributed by atoms with Crippen LogP contribution in [0.2, 0.25) is 0 Å². The maximum Gasteiger partial charge on any atom is 0.174 e. The zero-order valence-corrected chi connectivity index (χ0v) is 19.2. The van der Waals surface area contributed by atoms with Gasteiger partial charge in [-0.2, -0.15) is 0 Å². The summed E-state index contributed by atoms with van der Waals surface area (Å²) in [5.74, 6) is 0. The summed E-state index contributed by atoms with van der Waals surface area (Å²) in [5.41, 5.74) is 5.33. The van der Waals surface area contributed by atoms with Crippen LogP contribution in [0.25, 0.3) is 5.69 Å². The topological polar surface area (TPSA) is 46.0 Å². The van der Waals surface area contributed by atoms with E-state index < -0.39 is 0 Å². The summed E-state index contributed by atoms with van der Waals surface area (Å²) < 4.78 is 3.27. The van der Waals surface area contributed by atoms with Gasteiger partial charge in [-0.3, -0.25) is 9.97 Å². The molecular weight excluding hydrogens is 470 g/mol. The lowest BCUT2D eigenvalue weighted by atomic mass is 10.0. The van der Waals surface area contributed by atoms with Crippen LogP contribution in [-0.4, -0.2) is 19.6 Å². The zero-order valence-electron chi connectivity index (χ0n) is 16.8. The molecule has 4 aromatic rings. The van der Waals surface area contributed by atoms with Crippen molar-refractivity contribution in [2.45, 2.75) is 19.0 Å². The number of nitrogens with one attached hydrogen (secondary N) is 1. The van der Waals surface area contributed by atoms with E-state index in [2.05, 4.69) is 84.1 Å². The van der Waals surface area contributed by atoms with E-state index in [1.165, 1.54) is 0 Å². The molecule has 0 aliphatic carbocycles. The molecule has 0 spiro atoms. The van der Waals surface area contributed by atoms with Crippen molar-refractivity contribution in [2.75, 3.05) is 4.90 Å². The molecule has 4 heterocycles. The number of halogens is 1. The van der Waals surface area contributed by atoms with Crippen molar-refractivity contribution in [2.24, 2.45) is 0 Å². The molecule has 1 N–H and O–H groups in total. The van der Waals surface area contributed by atoms with Crippen LogP contribution in [0.3, 0.4) is 0 Å². The molecule has 1 aliphatic heterocycles. The Bertz CT molecular complexity index is 1230. The minimum atomic E-state index is -0.0897. The summed E-state index contributed by atoms with van der Waals surface area (Å²) in [5, 5.41) is 4.21. The van der Waals surface area contributed by atoms with Crippen molar-refractivity contribution in [1.82, 2.24) is 19.9 Å². The van der Waals surface area contributed by atoms with Gasteiger partial charge in [0, 0.05) is 46.3 Å². The van der Waals surface area contributed by atoms with Crippen molar-refractivity contribution in [3.63, 3.8) is 0 Å². The van der Waals surface area contributed by atoms with Crippen LogP contribution in [0.4, 0.5) is 5.69 Å². The Hall–Kier alpha value is -3.03. The third-order valence-electron chi connectivity index (χ3n) is 5.54. The summed E-state index contributed by atoms with van der Waals surface area (Å²) in [6, 6.07) is 20.4.